The molecule has 2 amide bonds. The minimum Gasteiger partial charge on any atom is -0.507 e. The number of nitrogens with one attached hydrogen (secondary N) is 2. The van der Waals surface area contributed by atoms with Crippen molar-refractivity contribution < 1.29 is 14.7 Å². The van der Waals surface area contributed by atoms with Gasteiger partial charge in [0.25, 0.3) is 0 Å². The first kappa shape index (κ1) is 13.7. The maximum atomic E-state index is 11.6. The van der Waals surface area contributed by atoms with Gasteiger partial charge in [0.2, 0.25) is 11.8 Å². The molecule has 1 unspecified atom stereocenters. The van der Waals surface area contributed by atoms with Gasteiger partial charge in [-0.15, -0.1) is 0 Å². The maximum absolute atomic E-state index is 11.6. The number of carbonyl (C=O) groups is 2. The third-order valence-electron chi connectivity index (χ3n) is 2.88. The Morgan fingerprint density at radius 2 is 2.30 bits per heavy atom. The number of hydrazone groups is 2. The average Bonchev–Trinajstić information content (AvgIpc) is 2.73. The van der Waals surface area contributed by atoms with E-state index < -0.39 is 11.8 Å². The molecule has 1 heterocycles. The third-order valence-corrected chi connectivity index (χ3v) is 2.88. The highest BCUT2D eigenvalue weighted by molar-refractivity contribution is 6.09. The molecule has 0 saturated carbocycles. The number of hydrogen-bond donors (Lipinski definition) is 3. The van der Waals surface area contributed by atoms with Gasteiger partial charge < -0.3 is 5.11 Å². The van der Waals surface area contributed by atoms with Crippen molar-refractivity contribution in [2.75, 3.05) is 0 Å². The number of rotatable bonds is 4. The van der Waals surface area contributed by atoms with Crippen LogP contribution < -0.4 is 10.9 Å². The Kier molecular flexibility index (Phi) is 4.09. The minimum absolute atomic E-state index is 0.0146. The summed E-state index contributed by atoms with van der Waals surface area (Å²) < 4.78 is 0. The van der Waals surface area contributed by atoms with Crippen LogP contribution in [0, 0.1) is 5.92 Å². The van der Waals surface area contributed by atoms with Gasteiger partial charge in [-0.3, -0.25) is 9.59 Å². The summed E-state index contributed by atoms with van der Waals surface area (Å²) in [5.74, 6) is -1.16. The normalized spacial score (nSPS) is 17.9. The fourth-order valence-electron chi connectivity index (χ4n) is 1.73. The second kappa shape index (κ2) is 5.96. The van der Waals surface area contributed by atoms with E-state index in [2.05, 4.69) is 21.1 Å². The zero-order valence-electron chi connectivity index (χ0n) is 10.8. The highest BCUT2D eigenvalue weighted by Gasteiger charge is 2.28. The van der Waals surface area contributed by atoms with Gasteiger partial charge in [-0.1, -0.05) is 12.1 Å². The van der Waals surface area contributed by atoms with Gasteiger partial charge in [-0.2, -0.15) is 10.2 Å². The first-order chi connectivity index (χ1) is 9.58. The van der Waals surface area contributed by atoms with Crippen molar-refractivity contribution in [3.05, 3.63) is 29.8 Å². The van der Waals surface area contributed by atoms with Gasteiger partial charge in [0, 0.05) is 17.7 Å². The van der Waals surface area contributed by atoms with Crippen molar-refractivity contribution in [2.24, 2.45) is 16.1 Å². The summed E-state index contributed by atoms with van der Waals surface area (Å²) in [4.78, 5) is 23.0. The molecule has 1 aromatic carbocycles. The monoisotopic (exact) mass is 274 g/mol. The van der Waals surface area contributed by atoms with E-state index in [1.54, 1.807) is 25.1 Å². The first-order valence-corrected chi connectivity index (χ1v) is 6.02. The first-order valence-electron chi connectivity index (χ1n) is 6.02. The lowest BCUT2D eigenvalue weighted by molar-refractivity contribution is -0.127. The van der Waals surface area contributed by atoms with Crippen LogP contribution in [0.5, 0.6) is 5.75 Å². The van der Waals surface area contributed by atoms with Crippen molar-refractivity contribution in [3.8, 4) is 5.75 Å². The molecule has 3 N–H and O–H groups in total. The minimum atomic E-state index is -0.546. The molecule has 0 radical (unpaired) electrons. The van der Waals surface area contributed by atoms with Crippen LogP contribution in [0.4, 0.5) is 0 Å². The second-order valence-electron chi connectivity index (χ2n) is 4.34. The van der Waals surface area contributed by atoms with Crippen LogP contribution in [-0.4, -0.2) is 28.8 Å². The molecule has 7 heteroatoms. The van der Waals surface area contributed by atoms with E-state index in [4.69, 9.17) is 0 Å². The molecule has 1 aromatic rings. The molecule has 7 nitrogen and oxygen atoms in total. The van der Waals surface area contributed by atoms with Crippen LogP contribution in [0.3, 0.4) is 0 Å². The Balaban J connectivity index is 1.88. The standard InChI is InChI=1S/C13H14N4O3/c1-8-10(13(20)17-15-8)6-12(19)16-14-7-9-4-2-3-5-11(9)18/h2-5,7,10,18H,6H2,1H3,(H,16,19)(H,17,20)/b14-7+. The molecule has 0 aromatic heterocycles. The fourth-order valence-corrected chi connectivity index (χ4v) is 1.73. The predicted octanol–water partition coefficient (Wildman–Crippen LogP) is 0.354. The van der Waals surface area contributed by atoms with Crippen molar-refractivity contribution in [1.82, 2.24) is 10.9 Å². The SMILES string of the molecule is CC1=NNC(=O)C1CC(=O)N/N=C/c1ccccc1O. The van der Waals surface area contributed by atoms with Crippen molar-refractivity contribution in [2.45, 2.75) is 13.3 Å². The van der Waals surface area contributed by atoms with Crippen LogP contribution in [0.25, 0.3) is 0 Å². The summed E-state index contributed by atoms with van der Waals surface area (Å²) in [5, 5.41) is 17.0. The number of nitrogens with zero attached hydrogens (tertiary/aromatic N) is 2. The van der Waals surface area contributed by atoms with Crippen LogP contribution in [0.1, 0.15) is 18.9 Å². The van der Waals surface area contributed by atoms with E-state index in [0.29, 0.717) is 11.3 Å². The van der Waals surface area contributed by atoms with Gasteiger partial charge in [-0.05, 0) is 19.1 Å². The predicted molar refractivity (Wildman–Crippen MR) is 73.2 cm³/mol. The molecule has 1 aliphatic rings. The number of benzene rings is 1. The fraction of sp³-hybridized carbons (Fsp3) is 0.231. The quantitative estimate of drug-likeness (QED) is 0.545. The lowest BCUT2D eigenvalue weighted by atomic mass is 10.0. The molecular weight excluding hydrogens is 260 g/mol. The van der Waals surface area contributed by atoms with Gasteiger partial charge in [-0.25, -0.2) is 10.9 Å². The molecule has 1 aliphatic heterocycles. The van der Waals surface area contributed by atoms with Crippen LogP contribution in [0.2, 0.25) is 0 Å². The average molecular weight is 274 g/mol. The summed E-state index contributed by atoms with van der Waals surface area (Å²) >= 11 is 0. The number of para-hydroxylation sites is 1. The highest BCUT2D eigenvalue weighted by Crippen LogP contribution is 2.13. The molecule has 2 rings (SSSR count). The van der Waals surface area contributed by atoms with Crippen molar-refractivity contribution >= 4 is 23.7 Å². The number of amides is 2. The molecule has 20 heavy (non-hydrogen) atoms. The topological polar surface area (TPSA) is 103 Å². The lowest BCUT2D eigenvalue weighted by Gasteiger charge is -2.05. The van der Waals surface area contributed by atoms with Crippen LogP contribution in [0.15, 0.2) is 34.5 Å². The Labute approximate surface area is 115 Å². The number of phenols is 1. The smallest absolute Gasteiger partial charge is 0.249 e. The Morgan fingerprint density at radius 1 is 1.55 bits per heavy atom. The lowest BCUT2D eigenvalue weighted by Crippen LogP contribution is -2.29. The van der Waals surface area contributed by atoms with Gasteiger partial charge in [0.05, 0.1) is 12.1 Å². The van der Waals surface area contributed by atoms with E-state index in [9.17, 15) is 14.7 Å². The van der Waals surface area contributed by atoms with Crippen molar-refractivity contribution in [1.29, 1.82) is 0 Å². The summed E-state index contributed by atoms with van der Waals surface area (Å²) in [6, 6.07) is 6.61. The molecule has 0 aliphatic carbocycles. The molecule has 0 spiro atoms. The molecule has 0 saturated heterocycles. The Bertz CT molecular complexity index is 595. The van der Waals surface area contributed by atoms with E-state index in [1.807, 2.05) is 0 Å². The summed E-state index contributed by atoms with van der Waals surface area (Å²) in [7, 11) is 0. The van der Waals surface area contributed by atoms with Crippen LogP contribution in [-0.2, 0) is 9.59 Å². The third kappa shape index (κ3) is 3.19. The largest absolute Gasteiger partial charge is 0.507 e. The number of phenolic OH excluding ortho intramolecular Hbond substituents is 1. The summed E-state index contributed by atoms with van der Waals surface area (Å²) in [6.07, 6.45) is 1.32. The molecule has 0 bridgehead atoms. The van der Waals surface area contributed by atoms with Gasteiger partial charge >= 0.3 is 0 Å². The zero-order chi connectivity index (χ0) is 14.5. The van der Waals surface area contributed by atoms with E-state index >= 15 is 0 Å². The van der Waals surface area contributed by atoms with E-state index in [-0.39, 0.29) is 18.1 Å². The second-order valence-corrected chi connectivity index (χ2v) is 4.34. The summed E-state index contributed by atoms with van der Waals surface area (Å²) in [5.41, 5.74) is 5.69. The molecular formula is C13H14N4O3. The van der Waals surface area contributed by atoms with Crippen molar-refractivity contribution in [3.63, 3.8) is 0 Å². The van der Waals surface area contributed by atoms with E-state index in [1.165, 1.54) is 12.3 Å². The zero-order valence-corrected chi connectivity index (χ0v) is 10.8. The Morgan fingerprint density at radius 3 is 2.95 bits per heavy atom. The van der Waals surface area contributed by atoms with E-state index in [0.717, 1.165) is 0 Å². The maximum Gasteiger partial charge on any atom is 0.249 e. The highest BCUT2D eigenvalue weighted by atomic mass is 16.3. The van der Waals surface area contributed by atoms with Crippen LogP contribution >= 0.6 is 0 Å². The number of carbonyl (C=O) groups excluding carboxylic acids is 2. The molecule has 0 fully saturated rings. The van der Waals surface area contributed by atoms with Gasteiger partial charge in [0.1, 0.15) is 5.75 Å². The molecule has 1 atom stereocenters. The number of aromatic hydroxyl groups is 1. The summed E-state index contributed by atoms with van der Waals surface area (Å²) in [6.45, 7) is 1.68. The molecule has 104 valence electrons. The number of hydrogen-bond acceptors (Lipinski definition) is 5. The van der Waals surface area contributed by atoms with Gasteiger partial charge in [0.15, 0.2) is 0 Å². The Hall–Kier alpha value is -2.70.